The molecule has 2 N–H and O–H groups in total. The first-order valence-corrected chi connectivity index (χ1v) is 13.5. The molecule has 4 heterocycles. The second kappa shape index (κ2) is 11.6. The van der Waals surface area contributed by atoms with Crippen LogP contribution in [-0.2, 0) is 11.2 Å². The number of cyclic esters (lactones) is 1. The number of amides is 1. The molecule has 0 bridgehead atoms. The lowest BCUT2D eigenvalue weighted by molar-refractivity contribution is 0.0729. The normalized spacial score (nSPS) is 19.8. The molecule has 0 spiro atoms. The summed E-state index contributed by atoms with van der Waals surface area (Å²) in [5.41, 5.74) is 3.85. The molecule has 3 fully saturated rings. The van der Waals surface area contributed by atoms with E-state index in [9.17, 15) is 10.1 Å². The fourth-order valence-electron chi connectivity index (χ4n) is 5.47. The van der Waals surface area contributed by atoms with Crippen molar-refractivity contribution < 1.29 is 9.53 Å². The zero-order valence-corrected chi connectivity index (χ0v) is 21.6. The highest BCUT2D eigenvalue weighted by atomic mass is 16.6. The summed E-state index contributed by atoms with van der Waals surface area (Å²) in [4.78, 5) is 27.6. The molecule has 2 aromatic rings. The minimum atomic E-state index is -0.254. The summed E-state index contributed by atoms with van der Waals surface area (Å²) in [7, 11) is 0. The number of rotatable bonds is 9. The van der Waals surface area contributed by atoms with Gasteiger partial charge in [0.2, 0.25) is 5.95 Å². The van der Waals surface area contributed by atoms with Crippen LogP contribution in [0.15, 0.2) is 24.4 Å². The number of carbonyl (C=O) groups is 1. The average molecular weight is 505 g/mol. The zero-order valence-electron chi connectivity index (χ0n) is 21.6. The minimum Gasteiger partial charge on any atom is -0.449 e. The van der Waals surface area contributed by atoms with Gasteiger partial charge in [-0.15, -0.1) is 0 Å². The molecule has 1 atom stereocenters. The van der Waals surface area contributed by atoms with E-state index >= 15 is 0 Å². The van der Waals surface area contributed by atoms with Crippen LogP contribution in [-0.4, -0.2) is 84.3 Å². The van der Waals surface area contributed by atoms with Gasteiger partial charge >= 0.3 is 6.09 Å². The Morgan fingerprint density at radius 1 is 1.22 bits per heavy atom. The Morgan fingerprint density at radius 2 is 2.14 bits per heavy atom. The Bertz CT molecular complexity index is 1150. The van der Waals surface area contributed by atoms with E-state index in [1.54, 1.807) is 11.1 Å². The molecule has 0 radical (unpaired) electrons. The van der Waals surface area contributed by atoms with Crippen molar-refractivity contribution in [2.24, 2.45) is 0 Å². The van der Waals surface area contributed by atoms with Crippen molar-refractivity contribution in [1.29, 1.82) is 5.26 Å². The van der Waals surface area contributed by atoms with E-state index in [-0.39, 0.29) is 6.09 Å². The number of aryl methyl sites for hydroxylation is 1. The molecule has 0 aliphatic carbocycles. The molecule has 3 saturated heterocycles. The molecule has 1 aromatic heterocycles. The largest absolute Gasteiger partial charge is 0.449 e. The third-order valence-corrected chi connectivity index (χ3v) is 7.53. The quantitative estimate of drug-likeness (QED) is 0.495. The van der Waals surface area contributed by atoms with E-state index in [1.807, 2.05) is 0 Å². The van der Waals surface area contributed by atoms with Crippen molar-refractivity contribution >= 4 is 29.2 Å². The molecule has 1 aromatic carbocycles. The van der Waals surface area contributed by atoms with E-state index in [2.05, 4.69) is 61.6 Å². The topological polar surface area (TPSA) is 110 Å². The first-order chi connectivity index (χ1) is 18.1. The number of carbonyl (C=O) groups excluding carboxylic acids is 1. The van der Waals surface area contributed by atoms with Gasteiger partial charge in [0.25, 0.3) is 0 Å². The standard InChI is InChI=1S/C27H36N8O2/c1-2-20-16-22(35-14-13-33-10-3-6-23(33)19-35)7-8-24(20)31-26-30-18-21(17-28)25(32-26)29-9-4-11-34-12-5-15-37-27(34)36/h7-8,16,18,23H,2-6,9-15,19H2,1H3,(H2,29,30,31,32). The number of anilines is 4. The number of benzene rings is 1. The molecule has 10 nitrogen and oxygen atoms in total. The molecule has 1 amide bonds. The molecule has 3 aliphatic rings. The SMILES string of the molecule is CCc1cc(N2CCN3CCCC3C2)ccc1Nc1ncc(C#N)c(NCCCN2CCCOC2=O)n1. The Kier molecular flexibility index (Phi) is 7.90. The maximum Gasteiger partial charge on any atom is 0.409 e. The molecule has 10 heteroatoms. The predicted molar refractivity (Wildman–Crippen MR) is 143 cm³/mol. The van der Waals surface area contributed by atoms with Crippen molar-refractivity contribution in [3.05, 3.63) is 35.5 Å². The van der Waals surface area contributed by atoms with Gasteiger partial charge in [0.05, 0.1) is 12.8 Å². The van der Waals surface area contributed by atoms with Crippen LogP contribution in [0.2, 0.25) is 0 Å². The van der Waals surface area contributed by atoms with Gasteiger partial charge < -0.3 is 25.2 Å². The van der Waals surface area contributed by atoms with Gasteiger partial charge in [-0.3, -0.25) is 4.90 Å². The number of nitriles is 1. The van der Waals surface area contributed by atoms with Gasteiger partial charge in [0.15, 0.2) is 0 Å². The van der Waals surface area contributed by atoms with Gasteiger partial charge in [-0.25, -0.2) is 9.78 Å². The molecule has 3 aliphatic heterocycles. The van der Waals surface area contributed by atoms with Crippen molar-refractivity contribution in [3.63, 3.8) is 0 Å². The summed E-state index contributed by atoms with van der Waals surface area (Å²) in [6, 6.07) is 9.41. The number of fused-ring (bicyclic) bond motifs is 1. The number of nitrogens with one attached hydrogen (secondary N) is 2. The van der Waals surface area contributed by atoms with E-state index in [0.717, 1.165) is 51.1 Å². The molecule has 5 rings (SSSR count). The highest BCUT2D eigenvalue weighted by molar-refractivity contribution is 5.68. The first kappa shape index (κ1) is 25.1. The van der Waals surface area contributed by atoms with Gasteiger partial charge in [-0.1, -0.05) is 6.92 Å². The highest BCUT2D eigenvalue weighted by Crippen LogP contribution is 2.30. The monoisotopic (exact) mass is 504 g/mol. The van der Waals surface area contributed by atoms with E-state index in [4.69, 9.17) is 4.74 Å². The number of hydrogen-bond acceptors (Lipinski definition) is 9. The van der Waals surface area contributed by atoms with Crippen LogP contribution in [0.3, 0.4) is 0 Å². The fourth-order valence-corrected chi connectivity index (χ4v) is 5.47. The first-order valence-electron chi connectivity index (χ1n) is 13.5. The van der Waals surface area contributed by atoms with Gasteiger partial charge in [-0.2, -0.15) is 10.2 Å². The maximum atomic E-state index is 11.8. The minimum absolute atomic E-state index is 0.254. The Hall–Kier alpha value is -3.58. The van der Waals surface area contributed by atoms with E-state index < -0.39 is 0 Å². The predicted octanol–water partition coefficient (Wildman–Crippen LogP) is 3.58. The highest BCUT2D eigenvalue weighted by Gasteiger charge is 2.30. The summed E-state index contributed by atoms with van der Waals surface area (Å²) >= 11 is 0. The third-order valence-electron chi connectivity index (χ3n) is 7.53. The van der Waals surface area contributed by atoms with E-state index in [0.29, 0.717) is 43.1 Å². The molecule has 37 heavy (non-hydrogen) atoms. The smallest absolute Gasteiger partial charge is 0.409 e. The lowest BCUT2D eigenvalue weighted by atomic mass is 10.1. The van der Waals surface area contributed by atoms with Gasteiger partial charge in [0.1, 0.15) is 17.5 Å². The van der Waals surface area contributed by atoms with Crippen LogP contribution >= 0.6 is 0 Å². The van der Waals surface area contributed by atoms with Gasteiger partial charge in [-0.05, 0) is 62.4 Å². The summed E-state index contributed by atoms with van der Waals surface area (Å²) in [5.74, 6) is 0.938. The molecule has 1 unspecified atom stereocenters. The van der Waals surface area contributed by atoms with Crippen LogP contribution in [0, 0.1) is 11.3 Å². The van der Waals surface area contributed by atoms with E-state index in [1.165, 1.54) is 30.6 Å². The lowest BCUT2D eigenvalue weighted by Crippen LogP contribution is -2.50. The molecular formula is C27H36N8O2. The molecule has 0 saturated carbocycles. The van der Waals surface area contributed by atoms with Gasteiger partial charge in [0, 0.05) is 56.7 Å². The number of piperazine rings is 1. The zero-order chi connectivity index (χ0) is 25.6. The average Bonchev–Trinajstić information content (AvgIpc) is 3.40. The van der Waals surface area contributed by atoms with Crippen molar-refractivity contribution in [3.8, 4) is 6.07 Å². The molecular weight excluding hydrogens is 468 g/mol. The number of hydrogen-bond donors (Lipinski definition) is 2. The molecule has 196 valence electrons. The Morgan fingerprint density at radius 3 is 2.97 bits per heavy atom. The van der Waals surface area contributed by atoms with Crippen molar-refractivity contribution in [2.45, 2.75) is 45.1 Å². The third kappa shape index (κ3) is 5.88. The van der Waals surface area contributed by atoms with Crippen LogP contribution in [0.5, 0.6) is 0 Å². The summed E-state index contributed by atoms with van der Waals surface area (Å²) in [5, 5.41) is 16.1. The number of aromatic nitrogens is 2. The van der Waals surface area contributed by atoms with Crippen LogP contribution in [0.1, 0.15) is 43.7 Å². The Labute approximate surface area is 218 Å². The Balaban J connectivity index is 1.22. The number of ether oxygens (including phenoxy) is 1. The van der Waals surface area contributed by atoms with Crippen molar-refractivity contribution in [2.75, 3.05) is 68.0 Å². The van der Waals surface area contributed by atoms with Crippen molar-refractivity contribution in [1.82, 2.24) is 19.8 Å². The van der Waals surface area contributed by atoms with Crippen LogP contribution < -0.4 is 15.5 Å². The summed E-state index contributed by atoms with van der Waals surface area (Å²) in [6.07, 6.45) is 6.38. The number of nitrogens with zero attached hydrogens (tertiary/aromatic N) is 6. The summed E-state index contributed by atoms with van der Waals surface area (Å²) < 4.78 is 5.08. The maximum absolute atomic E-state index is 11.8. The second-order valence-corrected chi connectivity index (χ2v) is 9.90. The summed E-state index contributed by atoms with van der Waals surface area (Å²) in [6.45, 7) is 9.11. The fraction of sp³-hybridized carbons (Fsp3) is 0.556. The van der Waals surface area contributed by atoms with Crippen LogP contribution in [0.25, 0.3) is 0 Å². The second-order valence-electron chi connectivity index (χ2n) is 9.90. The lowest BCUT2D eigenvalue weighted by Gasteiger charge is -2.39. The van der Waals surface area contributed by atoms with Crippen LogP contribution in [0.4, 0.5) is 27.9 Å².